The van der Waals surface area contributed by atoms with Gasteiger partial charge in [-0.05, 0) is 34.5 Å². The summed E-state index contributed by atoms with van der Waals surface area (Å²) >= 11 is 9.45. The van der Waals surface area contributed by atoms with Gasteiger partial charge in [0.15, 0.2) is 0 Å². The van der Waals surface area contributed by atoms with Gasteiger partial charge in [0.2, 0.25) is 5.91 Å². The first kappa shape index (κ1) is 11.0. The predicted molar refractivity (Wildman–Crippen MR) is 65.2 cm³/mol. The number of halogens is 2. The van der Waals surface area contributed by atoms with Crippen LogP contribution in [0.15, 0.2) is 16.6 Å². The number of fused-ring (bicyclic) bond motifs is 2. The molecule has 17 heavy (non-hydrogen) atoms. The number of carboxylic acids is 1. The van der Waals surface area contributed by atoms with Gasteiger partial charge < -0.3 is 10.4 Å². The van der Waals surface area contributed by atoms with E-state index in [4.69, 9.17) is 16.7 Å². The maximum absolute atomic E-state index is 11.9. The van der Waals surface area contributed by atoms with E-state index in [0.29, 0.717) is 27.2 Å². The molecule has 2 atom stereocenters. The second-order valence-corrected chi connectivity index (χ2v) is 5.54. The van der Waals surface area contributed by atoms with E-state index in [0.717, 1.165) is 0 Å². The van der Waals surface area contributed by atoms with Crippen LogP contribution >= 0.6 is 27.5 Å². The lowest BCUT2D eigenvalue weighted by Gasteiger charge is -2.09. The fraction of sp³-hybridized carbons (Fsp3) is 0.273. The lowest BCUT2D eigenvalue weighted by Crippen LogP contribution is -2.24. The summed E-state index contributed by atoms with van der Waals surface area (Å²) in [6.45, 7) is 0. The number of rotatable bonds is 1. The molecule has 1 aliphatic heterocycles. The molecule has 0 radical (unpaired) electrons. The highest BCUT2D eigenvalue weighted by Gasteiger charge is 2.69. The van der Waals surface area contributed by atoms with Crippen molar-refractivity contribution in [3.63, 3.8) is 0 Å². The van der Waals surface area contributed by atoms with Crippen LogP contribution in [0.25, 0.3) is 0 Å². The second-order valence-electron chi connectivity index (χ2n) is 4.30. The number of hydrogen-bond acceptors (Lipinski definition) is 2. The Bertz CT molecular complexity index is 574. The molecule has 0 bridgehead atoms. The molecule has 6 heteroatoms. The average Bonchev–Trinajstić information content (AvgIpc) is 2.93. The van der Waals surface area contributed by atoms with Crippen LogP contribution in [0.1, 0.15) is 12.0 Å². The number of amides is 1. The summed E-state index contributed by atoms with van der Waals surface area (Å²) in [6.07, 6.45) is 0.317. The van der Waals surface area contributed by atoms with Gasteiger partial charge in [0.25, 0.3) is 0 Å². The monoisotopic (exact) mass is 315 g/mol. The first-order valence-corrected chi connectivity index (χ1v) is 6.18. The molecule has 1 fully saturated rings. The Labute approximate surface area is 110 Å². The van der Waals surface area contributed by atoms with Crippen molar-refractivity contribution >= 4 is 45.1 Å². The van der Waals surface area contributed by atoms with Gasteiger partial charge in [-0.25, -0.2) is 0 Å². The first-order chi connectivity index (χ1) is 7.98. The zero-order chi connectivity index (χ0) is 12.4. The van der Waals surface area contributed by atoms with Crippen LogP contribution in [0, 0.1) is 5.92 Å². The van der Waals surface area contributed by atoms with E-state index in [-0.39, 0.29) is 5.91 Å². The van der Waals surface area contributed by atoms with Crippen molar-refractivity contribution < 1.29 is 14.7 Å². The summed E-state index contributed by atoms with van der Waals surface area (Å²) in [5.41, 5.74) is 0.278. The third kappa shape index (κ3) is 1.24. The highest BCUT2D eigenvalue weighted by Crippen LogP contribution is 2.62. The number of benzene rings is 1. The Kier molecular flexibility index (Phi) is 2.10. The van der Waals surface area contributed by atoms with Gasteiger partial charge in [0.1, 0.15) is 0 Å². The summed E-state index contributed by atoms with van der Waals surface area (Å²) in [6, 6.07) is 3.47. The van der Waals surface area contributed by atoms with E-state index >= 15 is 0 Å². The van der Waals surface area contributed by atoms with E-state index in [1.165, 1.54) is 0 Å². The Morgan fingerprint density at radius 2 is 2.29 bits per heavy atom. The van der Waals surface area contributed by atoms with Crippen molar-refractivity contribution in [1.82, 2.24) is 0 Å². The average molecular weight is 317 g/mol. The van der Waals surface area contributed by atoms with Gasteiger partial charge in [0, 0.05) is 15.7 Å². The number of carboxylic acid groups (broad SMARTS) is 1. The summed E-state index contributed by atoms with van der Waals surface area (Å²) in [5, 5.41) is 12.2. The molecule has 1 heterocycles. The molecule has 1 saturated carbocycles. The van der Waals surface area contributed by atoms with Crippen LogP contribution in [0.4, 0.5) is 5.69 Å². The van der Waals surface area contributed by atoms with Crippen molar-refractivity contribution in [1.29, 1.82) is 0 Å². The fourth-order valence-corrected chi connectivity index (χ4v) is 3.19. The first-order valence-electron chi connectivity index (χ1n) is 5.01. The van der Waals surface area contributed by atoms with Crippen molar-refractivity contribution in [3.8, 4) is 0 Å². The molecule has 1 amide bonds. The topological polar surface area (TPSA) is 66.4 Å². The van der Waals surface area contributed by atoms with E-state index in [1.807, 2.05) is 0 Å². The second kappa shape index (κ2) is 3.23. The minimum atomic E-state index is -0.956. The third-order valence-electron chi connectivity index (χ3n) is 3.45. The van der Waals surface area contributed by atoms with E-state index in [1.54, 1.807) is 12.1 Å². The van der Waals surface area contributed by atoms with Crippen LogP contribution in [-0.2, 0) is 15.0 Å². The Hall–Kier alpha value is -1.07. The van der Waals surface area contributed by atoms with Crippen molar-refractivity contribution in [2.45, 2.75) is 11.8 Å². The summed E-state index contributed by atoms with van der Waals surface area (Å²) in [4.78, 5) is 23.0. The number of anilines is 1. The van der Waals surface area contributed by atoms with Crippen LogP contribution in [0.2, 0.25) is 5.02 Å². The Balaban J connectivity index is 2.21. The molecule has 2 unspecified atom stereocenters. The normalized spacial score (nSPS) is 29.1. The predicted octanol–water partition coefficient (Wildman–Crippen LogP) is 2.40. The summed E-state index contributed by atoms with van der Waals surface area (Å²) in [7, 11) is 0. The molecule has 3 rings (SSSR count). The zero-order valence-corrected chi connectivity index (χ0v) is 10.8. The molecule has 0 aromatic heterocycles. The number of hydrogen-bond donors (Lipinski definition) is 2. The van der Waals surface area contributed by atoms with Gasteiger partial charge in [-0.2, -0.15) is 0 Å². The van der Waals surface area contributed by atoms with Crippen LogP contribution < -0.4 is 5.32 Å². The fourth-order valence-electron chi connectivity index (χ4n) is 2.53. The van der Waals surface area contributed by atoms with Crippen molar-refractivity contribution in [3.05, 3.63) is 27.2 Å². The van der Waals surface area contributed by atoms with E-state index in [9.17, 15) is 9.59 Å². The third-order valence-corrected chi connectivity index (χ3v) is 4.73. The standard InChI is InChI=1S/C11H7BrClNO3/c12-5-1-2-6-7(8(5)13)11(10(17)14-6)3-4(11)9(15)16/h1-2,4H,3H2,(H,14,17)(H,15,16). The van der Waals surface area contributed by atoms with E-state index < -0.39 is 17.3 Å². The molecule has 0 saturated heterocycles. The number of nitrogens with one attached hydrogen (secondary N) is 1. The highest BCUT2D eigenvalue weighted by molar-refractivity contribution is 9.10. The van der Waals surface area contributed by atoms with Crippen molar-refractivity contribution in [2.75, 3.05) is 5.32 Å². The van der Waals surface area contributed by atoms with Gasteiger partial charge in [0.05, 0.1) is 16.4 Å². The largest absolute Gasteiger partial charge is 0.481 e. The zero-order valence-electron chi connectivity index (χ0n) is 8.46. The smallest absolute Gasteiger partial charge is 0.307 e. The molecular formula is C11H7BrClNO3. The van der Waals surface area contributed by atoms with Crippen molar-refractivity contribution in [2.24, 2.45) is 5.92 Å². The van der Waals surface area contributed by atoms with Crippen LogP contribution in [0.3, 0.4) is 0 Å². The summed E-state index contributed by atoms with van der Waals surface area (Å²) in [5.74, 6) is -1.89. The lowest BCUT2D eigenvalue weighted by atomic mass is 9.95. The van der Waals surface area contributed by atoms with Crippen LogP contribution in [-0.4, -0.2) is 17.0 Å². The van der Waals surface area contributed by atoms with Gasteiger partial charge >= 0.3 is 5.97 Å². The molecule has 2 aliphatic rings. The molecular weight excluding hydrogens is 309 g/mol. The molecule has 1 spiro atoms. The maximum atomic E-state index is 11.9. The molecule has 4 nitrogen and oxygen atoms in total. The highest BCUT2D eigenvalue weighted by atomic mass is 79.9. The maximum Gasteiger partial charge on any atom is 0.307 e. The Morgan fingerprint density at radius 3 is 2.88 bits per heavy atom. The van der Waals surface area contributed by atoms with Gasteiger partial charge in [-0.3, -0.25) is 9.59 Å². The number of carbonyl (C=O) groups is 2. The quantitative estimate of drug-likeness (QED) is 0.836. The lowest BCUT2D eigenvalue weighted by molar-refractivity contribution is -0.140. The molecule has 2 N–H and O–H groups in total. The molecule has 88 valence electrons. The molecule has 1 aromatic rings. The number of aliphatic carboxylic acids is 1. The minimum absolute atomic E-state index is 0.264. The molecule has 1 aromatic carbocycles. The SMILES string of the molecule is O=C(O)C1CC12C(=O)Nc1ccc(Br)c(Cl)c12. The van der Waals surface area contributed by atoms with Crippen LogP contribution in [0.5, 0.6) is 0 Å². The summed E-state index contributed by atoms with van der Waals surface area (Å²) < 4.78 is 0.671. The van der Waals surface area contributed by atoms with Gasteiger partial charge in [-0.15, -0.1) is 0 Å². The Morgan fingerprint density at radius 1 is 1.59 bits per heavy atom. The van der Waals surface area contributed by atoms with E-state index in [2.05, 4.69) is 21.2 Å². The van der Waals surface area contributed by atoms with Gasteiger partial charge in [-0.1, -0.05) is 11.6 Å². The molecule has 1 aliphatic carbocycles. The number of carbonyl (C=O) groups excluding carboxylic acids is 1. The minimum Gasteiger partial charge on any atom is -0.481 e.